The van der Waals surface area contributed by atoms with Crippen molar-refractivity contribution in [3.8, 4) is 0 Å². The van der Waals surface area contributed by atoms with E-state index in [1.165, 1.54) is 17.6 Å². The number of benzene rings is 1. The standard InChI is InChI=1S/C20H21N3O3S/c1-4-21-18(24)16-9-7-15(8-10-16)12-23-13(2)14(3)27-20(23)22-19(25)17-6-5-11-26-17/h5-11H,4,12H2,1-3H3,(H,21,24). The lowest BCUT2D eigenvalue weighted by Crippen LogP contribution is -2.22. The van der Waals surface area contributed by atoms with Crippen LogP contribution in [0.15, 0.2) is 52.1 Å². The fraction of sp³-hybridized carbons (Fsp3) is 0.250. The fourth-order valence-electron chi connectivity index (χ4n) is 2.62. The number of carbonyl (C=O) groups is 2. The minimum Gasteiger partial charge on any atom is -0.459 e. The van der Waals surface area contributed by atoms with Crippen LogP contribution in [0.25, 0.3) is 0 Å². The Morgan fingerprint density at radius 3 is 2.56 bits per heavy atom. The largest absolute Gasteiger partial charge is 0.459 e. The highest BCUT2D eigenvalue weighted by Crippen LogP contribution is 2.14. The summed E-state index contributed by atoms with van der Waals surface area (Å²) in [5.41, 5.74) is 2.70. The van der Waals surface area contributed by atoms with E-state index in [9.17, 15) is 9.59 Å². The Balaban J connectivity index is 1.89. The van der Waals surface area contributed by atoms with Crippen LogP contribution in [0.5, 0.6) is 0 Å². The second-order valence-electron chi connectivity index (χ2n) is 6.06. The Morgan fingerprint density at radius 2 is 1.93 bits per heavy atom. The van der Waals surface area contributed by atoms with E-state index in [-0.39, 0.29) is 11.7 Å². The molecule has 140 valence electrons. The first kappa shape index (κ1) is 18.8. The van der Waals surface area contributed by atoms with Crippen LogP contribution in [0.3, 0.4) is 0 Å². The molecule has 3 aromatic rings. The van der Waals surface area contributed by atoms with Gasteiger partial charge in [-0.25, -0.2) is 0 Å². The van der Waals surface area contributed by atoms with Crippen molar-refractivity contribution in [3.63, 3.8) is 0 Å². The predicted octanol–water partition coefficient (Wildman–Crippen LogP) is 3.30. The van der Waals surface area contributed by atoms with Gasteiger partial charge >= 0.3 is 5.91 Å². The van der Waals surface area contributed by atoms with Crippen molar-refractivity contribution in [1.29, 1.82) is 0 Å². The normalized spacial score (nSPS) is 11.6. The molecule has 0 bridgehead atoms. The third kappa shape index (κ3) is 4.25. The molecule has 2 amide bonds. The molecule has 1 N–H and O–H groups in total. The average molecular weight is 383 g/mol. The zero-order chi connectivity index (χ0) is 19.4. The number of hydrogen-bond donors (Lipinski definition) is 1. The highest BCUT2D eigenvalue weighted by atomic mass is 32.1. The van der Waals surface area contributed by atoms with Gasteiger partial charge in [0.2, 0.25) is 0 Å². The molecule has 0 saturated carbocycles. The first-order chi connectivity index (χ1) is 13.0. The van der Waals surface area contributed by atoms with Gasteiger partial charge in [0.05, 0.1) is 12.8 Å². The number of rotatable bonds is 5. The van der Waals surface area contributed by atoms with Crippen LogP contribution in [0.1, 0.15) is 44.0 Å². The van der Waals surface area contributed by atoms with E-state index in [2.05, 4.69) is 10.3 Å². The van der Waals surface area contributed by atoms with Crippen LogP contribution >= 0.6 is 11.3 Å². The topological polar surface area (TPSA) is 76.6 Å². The number of furan rings is 1. The van der Waals surface area contributed by atoms with Crippen molar-refractivity contribution in [2.75, 3.05) is 6.54 Å². The summed E-state index contributed by atoms with van der Waals surface area (Å²) in [5.74, 6) is -0.267. The lowest BCUT2D eigenvalue weighted by Gasteiger charge is -2.08. The number of nitrogens with one attached hydrogen (secondary N) is 1. The van der Waals surface area contributed by atoms with Crippen LogP contribution < -0.4 is 10.1 Å². The minimum atomic E-state index is -0.401. The van der Waals surface area contributed by atoms with Gasteiger partial charge in [-0.2, -0.15) is 4.99 Å². The number of carbonyl (C=O) groups excluding carboxylic acids is 2. The van der Waals surface area contributed by atoms with Crippen molar-refractivity contribution in [2.24, 2.45) is 4.99 Å². The summed E-state index contributed by atoms with van der Waals surface area (Å²) in [6.45, 7) is 7.06. The lowest BCUT2D eigenvalue weighted by atomic mass is 10.1. The first-order valence-electron chi connectivity index (χ1n) is 8.66. The molecular weight excluding hydrogens is 362 g/mol. The maximum Gasteiger partial charge on any atom is 0.315 e. The van der Waals surface area contributed by atoms with Crippen molar-refractivity contribution in [3.05, 3.63) is 74.9 Å². The highest BCUT2D eigenvalue weighted by Gasteiger charge is 2.12. The number of amides is 2. The first-order valence-corrected chi connectivity index (χ1v) is 9.47. The number of aryl methyl sites for hydroxylation is 1. The van der Waals surface area contributed by atoms with Crippen LogP contribution in [0.4, 0.5) is 0 Å². The Hall–Kier alpha value is -2.93. The summed E-state index contributed by atoms with van der Waals surface area (Å²) >= 11 is 1.47. The van der Waals surface area contributed by atoms with E-state index in [1.54, 1.807) is 24.3 Å². The fourth-order valence-corrected chi connectivity index (χ4v) is 3.59. The zero-order valence-corrected chi connectivity index (χ0v) is 16.3. The molecule has 2 heterocycles. The van der Waals surface area contributed by atoms with Gasteiger partial charge in [-0.3, -0.25) is 9.59 Å². The Labute approximate surface area is 161 Å². The average Bonchev–Trinajstić information content (AvgIpc) is 3.28. The summed E-state index contributed by atoms with van der Waals surface area (Å²) in [5, 5.41) is 2.78. The van der Waals surface area contributed by atoms with Crippen LogP contribution in [0.2, 0.25) is 0 Å². The number of hydrogen-bond acceptors (Lipinski definition) is 4. The molecule has 0 spiro atoms. The molecule has 1 aromatic carbocycles. The Morgan fingerprint density at radius 1 is 1.19 bits per heavy atom. The van der Waals surface area contributed by atoms with Crippen molar-refractivity contribution < 1.29 is 14.0 Å². The summed E-state index contributed by atoms with van der Waals surface area (Å²) in [6.07, 6.45) is 1.46. The Kier molecular flexibility index (Phi) is 5.71. The van der Waals surface area contributed by atoms with Crippen LogP contribution in [0, 0.1) is 13.8 Å². The molecule has 7 heteroatoms. The third-order valence-electron chi connectivity index (χ3n) is 4.21. The molecule has 0 aliphatic rings. The molecule has 0 aliphatic heterocycles. The lowest BCUT2D eigenvalue weighted by molar-refractivity contribution is 0.0952. The van der Waals surface area contributed by atoms with Gasteiger partial charge in [0.1, 0.15) is 0 Å². The molecule has 6 nitrogen and oxygen atoms in total. The number of nitrogens with zero attached hydrogens (tertiary/aromatic N) is 2. The van der Waals surface area contributed by atoms with Gasteiger partial charge in [-0.15, -0.1) is 11.3 Å². The summed E-state index contributed by atoms with van der Waals surface area (Å²) < 4.78 is 7.13. The molecule has 2 aromatic heterocycles. The quantitative estimate of drug-likeness (QED) is 0.734. The van der Waals surface area contributed by atoms with E-state index >= 15 is 0 Å². The monoisotopic (exact) mass is 383 g/mol. The van der Waals surface area contributed by atoms with Gasteiger partial charge in [0, 0.05) is 22.7 Å². The van der Waals surface area contributed by atoms with Crippen LogP contribution in [-0.4, -0.2) is 22.9 Å². The van der Waals surface area contributed by atoms with Gasteiger partial charge in [-0.05, 0) is 50.6 Å². The molecule has 0 fully saturated rings. The van der Waals surface area contributed by atoms with Gasteiger partial charge < -0.3 is 14.3 Å². The van der Waals surface area contributed by atoms with E-state index in [4.69, 9.17) is 4.42 Å². The summed E-state index contributed by atoms with van der Waals surface area (Å²) in [6, 6.07) is 10.7. The molecule has 0 radical (unpaired) electrons. The van der Waals surface area contributed by atoms with Crippen molar-refractivity contribution >= 4 is 23.2 Å². The van der Waals surface area contributed by atoms with Crippen LogP contribution in [-0.2, 0) is 6.54 Å². The van der Waals surface area contributed by atoms with Crippen molar-refractivity contribution in [1.82, 2.24) is 9.88 Å². The molecule has 3 rings (SSSR count). The molecule has 27 heavy (non-hydrogen) atoms. The minimum absolute atomic E-state index is 0.0843. The maximum absolute atomic E-state index is 12.3. The summed E-state index contributed by atoms with van der Waals surface area (Å²) in [4.78, 5) is 30.1. The summed E-state index contributed by atoms with van der Waals surface area (Å²) in [7, 11) is 0. The van der Waals surface area contributed by atoms with Gasteiger partial charge in [0.15, 0.2) is 10.6 Å². The van der Waals surface area contributed by atoms with Crippen molar-refractivity contribution in [2.45, 2.75) is 27.3 Å². The smallest absolute Gasteiger partial charge is 0.315 e. The maximum atomic E-state index is 12.3. The molecule has 0 saturated heterocycles. The van der Waals surface area contributed by atoms with E-state index in [0.717, 1.165) is 16.1 Å². The van der Waals surface area contributed by atoms with E-state index < -0.39 is 5.91 Å². The molecular formula is C20H21N3O3S. The van der Waals surface area contributed by atoms with E-state index in [0.29, 0.717) is 23.5 Å². The number of thiazole rings is 1. The number of aromatic nitrogens is 1. The zero-order valence-electron chi connectivity index (χ0n) is 15.5. The Bertz CT molecular complexity index is 1010. The van der Waals surface area contributed by atoms with E-state index in [1.807, 2.05) is 37.5 Å². The van der Waals surface area contributed by atoms with Gasteiger partial charge in [-0.1, -0.05) is 12.1 Å². The third-order valence-corrected chi connectivity index (χ3v) is 5.31. The molecule has 0 unspecified atom stereocenters. The molecule has 0 aliphatic carbocycles. The SMILES string of the molecule is CCNC(=O)c1ccc(Cn2c(C)c(C)sc2=NC(=O)c2ccco2)cc1. The predicted molar refractivity (Wildman–Crippen MR) is 104 cm³/mol. The van der Waals surface area contributed by atoms with Gasteiger partial charge in [0.25, 0.3) is 5.91 Å². The molecule has 0 atom stereocenters. The second kappa shape index (κ2) is 8.18. The highest BCUT2D eigenvalue weighted by molar-refractivity contribution is 7.09. The second-order valence-corrected chi connectivity index (χ2v) is 7.24.